The van der Waals surface area contributed by atoms with Crippen molar-refractivity contribution in [1.29, 1.82) is 0 Å². The number of thioether (sulfide) groups is 1. The minimum Gasteiger partial charge on any atom is -0.480 e. The van der Waals surface area contributed by atoms with Gasteiger partial charge in [0.25, 0.3) is 0 Å². The first kappa shape index (κ1) is 12.5. The van der Waals surface area contributed by atoms with Crippen LogP contribution in [-0.2, 0) is 4.79 Å². The molecule has 2 rings (SSSR count). The van der Waals surface area contributed by atoms with E-state index in [0.717, 1.165) is 12.2 Å². The molecule has 2 aliphatic heterocycles. The van der Waals surface area contributed by atoms with Crippen LogP contribution < -0.4 is 5.73 Å². The molecule has 2 amide bonds. The molecule has 0 aliphatic carbocycles. The van der Waals surface area contributed by atoms with Crippen molar-refractivity contribution < 1.29 is 14.7 Å². The van der Waals surface area contributed by atoms with Crippen LogP contribution in [0.4, 0.5) is 4.79 Å². The fraction of sp³-hybridized carbons (Fsp3) is 0.800. The van der Waals surface area contributed by atoms with Crippen LogP contribution in [0.15, 0.2) is 0 Å². The molecule has 0 spiro atoms. The van der Waals surface area contributed by atoms with Gasteiger partial charge in [0.2, 0.25) is 0 Å². The molecule has 96 valence electrons. The third kappa shape index (κ3) is 2.66. The van der Waals surface area contributed by atoms with E-state index in [-0.39, 0.29) is 12.1 Å². The molecule has 0 bridgehead atoms. The summed E-state index contributed by atoms with van der Waals surface area (Å²) in [6, 6.07) is -0.842. The van der Waals surface area contributed by atoms with E-state index in [0.29, 0.717) is 25.4 Å². The van der Waals surface area contributed by atoms with Crippen molar-refractivity contribution >= 4 is 23.8 Å². The van der Waals surface area contributed by atoms with E-state index in [1.165, 1.54) is 4.90 Å². The van der Waals surface area contributed by atoms with Gasteiger partial charge < -0.3 is 20.6 Å². The van der Waals surface area contributed by atoms with Gasteiger partial charge in [-0.1, -0.05) is 0 Å². The Morgan fingerprint density at radius 3 is 2.71 bits per heavy atom. The fourth-order valence-corrected chi connectivity index (χ4v) is 3.22. The molecule has 0 radical (unpaired) electrons. The fourth-order valence-electron chi connectivity index (χ4n) is 2.18. The van der Waals surface area contributed by atoms with Crippen molar-refractivity contribution in [3.63, 3.8) is 0 Å². The number of hydrogen-bond acceptors (Lipinski definition) is 4. The lowest BCUT2D eigenvalue weighted by Gasteiger charge is -2.35. The lowest BCUT2D eigenvalue weighted by molar-refractivity contribution is -0.141. The largest absolute Gasteiger partial charge is 0.480 e. The first-order valence-corrected chi connectivity index (χ1v) is 6.86. The standard InChI is InChI=1S/C10H17N3O3S/c11-7-1-2-12(5-7)10(16)13-3-4-17-6-8(13)9(14)15/h7-8H,1-6,11H2,(H,14,15). The number of likely N-dealkylation sites (tertiary alicyclic amines) is 1. The Kier molecular flexibility index (Phi) is 3.78. The number of nitrogens with two attached hydrogens (primary N) is 1. The molecule has 2 heterocycles. The maximum absolute atomic E-state index is 12.2. The van der Waals surface area contributed by atoms with E-state index in [1.54, 1.807) is 16.7 Å². The summed E-state index contributed by atoms with van der Waals surface area (Å²) in [6.07, 6.45) is 0.798. The van der Waals surface area contributed by atoms with Gasteiger partial charge in [0.05, 0.1) is 0 Å². The Bertz CT molecular complexity index is 326. The zero-order valence-corrected chi connectivity index (χ0v) is 10.4. The van der Waals surface area contributed by atoms with Gasteiger partial charge in [0.1, 0.15) is 6.04 Å². The summed E-state index contributed by atoms with van der Waals surface area (Å²) in [5.74, 6) is 0.352. The van der Waals surface area contributed by atoms with Crippen molar-refractivity contribution in [2.24, 2.45) is 5.73 Å². The smallest absolute Gasteiger partial charge is 0.327 e. The third-order valence-electron chi connectivity index (χ3n) is 3.15. The molecule has 2 saturated heterocycles. The Morgan fingerprint density at radius 2 is 2.12 bits per heavy atom. The van der Waals surface area contributed by atoms with Crippen molar-refractivity contribution in [3.8, 4) is 0 Å². The van der Waals surface area contributed by atoms with Gasteiger partial charge in [-0.3, -0.25) is 0 Å². The molecule has 0 aromatic carbocycles. The molecule has 2 fully saturated rings. The summed E-state index contributed by atoms with van der Waals surface area (Å²) >= 11 is 1.58. The van der Waals surface area contributed by atoms with Crippen LogP contribution in [-0.4, -0.2) is 70.1 Å². The first-order chi connectivity index (χ1) is 8.09. The average Bonchev–Trinajstić information content (AvgIpc) is 2.75. The van der Waals surface area contributed by atoms with Gasteiger partial charge in [-0.2, -0.15) is 11.8 Å². The first-order valence-electron chi connectivity index (χ1n) is 5.71. The zero-order valence-electron chi connectivity index (χ0n) is 9.54. The van der Waals surface area contributed by atoms with E-state index in [4.69, 9.17) is 10.8 Å². The van der Waals surface area contributed by atoms with E-state index >= 15 is 0 Å². The van der Waals surface area contributed by atoms with Crippen LogP contribution in [0, 0.1) is 0 Å². The molecule has 6 nitrogen and oxygen atoms in total. The topological polar surface area (TPSA) is 86.9 Å². The second-order valence-corrected chi connectivity index (χ2v) is 5.55. The van der Waals surface area contributed by atoms with E-state index in [9.17, 15) is 9.59 Å². The van der Waals surface area contributed by atoms with Gasteiger partial charge in [-0.05, 0) is 6.42 Å². The van der Waals surface area contributed by atoms with Crippen LogP contribution in [0.25, 0.3) is 0 Å². The molecular weight excluding hydrogens is 242 g/mol. The van der Waals surface area contributed by atoms with Crippen LogP contribution in [0.5, 0.6) is 0 Å². The van der Waals surface area contributed by atoms with Crippen LogP contribution in [0.3, 0.4) is 0 Å². The van der Waals surface area contributed by atoms with Gasteiger partial charge in [0, 0.05) is 37.2 Å². The van der Waals surface area contributed by atoms with Crippen LogP contribution in [0.1, 0.15) is 6.42 Å². The summed E-state index contributed by atoms with van der Waals surface area (Å²) < 4.78 is 0. The second kappa shape index (κ2) is 5.14. The van der Waals surface area contributed by atoms with Gasteiger partial charge >= 0.3 is 12.0 Å². The SMILES string of the molecule is NC1CCN(C(=O)N2CCSCC2C(=O)O)C1. The number of aliphatic carboxylic acids is 1. The van der Waals surface area contributed by atoms with E-state index < -0.39 is 12.0 Å². The van der Waals surface area contributed by atoms with Gasteiger partial charge in [-0.25, -0.2) is 9.59 Å². The second-order valence-electron chi connectivity index (χ2n) is 4.40. The number of carbonyl (C=O) groups is 2. The van der Waals surface area contributed by atoms with Gasteiger partial charge in [-0.15, -0.1) is 0 Å². The van der Waals surface area contributed by atoms with Crippen LogP contribution >= 0.6 is 11.8 Å². The predicted octanol–water partition coefficient (Wildman–Crippen LogP) is -0.359. The number of nitrogens with zero attached hydrogens (tertiary/aromatic N) is 2. The molecule has 0 aromatic heterocycles. The molecule has 2 atom stereocenters. The minimum absolute atomic E-state index is 0.0291. The Labute approximate surface area is 104 Å². The number of rotatable bonds is 1. The molecule has 3 N–H and O–H groups in total. The number of carbonyl (C=O) groups excluding carboxylic acids is 1. The summed E-state index contributed by atoms with van der Waals surface area (Å²) in [5.41, 5.74) is 5.75. The molecule has 2 unspecified atom stereocenters. The summed E-state index contributed by atoms with van der Waals surface area (Å²) in [5, 5.41) is 9.10. The molecular formula is C10H17N3O3S. The number of hydrogen-bond donors (Lipinski definition) is 2. The van der Waals surface area contributed by atoms with E-state index in [2.05, 4.69) is 0 Å². The average molecular weight is 259 g/mol. The predicted molar refractivity (Wildman–Crippen MR) is 65.0 cm³/mol. The lowest BCUT2D eigenvalue weighted by atomic mass is 10.3. The molecule has 2 aliphatic rings. The van der Waals surface area contributed by atoms with Crippen molar-refractivity contribution in [2.45, 2.75) is 18.5 Å². The van der Waals surface area contributed by atoms with Crippen LogP contribution in [0.2, 0.25) is 0 Å². The highest BCUT2D eigenvalue weighted by Crippen LogP contribution is 2.20. The maximum atomic E-state index is 12.2. The Balaban J connectivity index is 2.03. The summed E-state index contributed by atoms with van der Waals surface area (Å²) in [6.45, 7) is 1.68. The molecule has 0 saturated carbocycles. The monoisotopic (exact) mass is 259 g/mol. The van der Waals surface area contributed by atoms with Gasteiger partial charge in [0.15, 0.2) is 0 Å². The lowest BCUT2D eigenvalue weighted by Crippen LogP contribution is -2.54. The Hall–Kier alpha value is -0.950. The summed E-state index contributed by atoms with van der Waals surface area (Å²) in [4.78, 5) is 26.4. The highest BCUT2D eigenvalue weighted by molar-refractivity contribution is 7.99. The quantitative estimate of drug-likeness (QED) is 0.671. The molecule has 7 heteroatoms. The van der Waals surface area contributed by atoms with Crippen molar-refractivity contribution in [2.75, 3.05) is 31.1 Å². The van der Waals surface area contributed by atoms with Crippen molar-refractivity contribution in [1.82, 2.24) is 9.80 Å². The number of urea groups is 1. The number of carboxylic acids is 1. The normalized spacial score (nSPS) is 29.5. The molecule has 0 aromatic rings. The molecule has 17 heavy (non-hydrogen) atoms. The Morgan fingerprint density at radius 1 is 1.35 bits per heavy atom. The summed E-state index contributed by atoms with van der Waals surface area (Å²) in [7, 11) is 0. The minimum atomic E-state index is -0.922. The highest BCUT2D eigenvalue weighted by atomic mass is 32.2. The van der Waals surface area contributed by atoms with E-state index in [1.807, 2.05) is 0 Å². The third-order valence-corrected chi connectivity index (χ3v) is 4.18. The number of carboxylic acid groups (broad SMARTS) is 1. The number of amides is 2. The maximum Gasteiger partial charge on any atom is 0.327 e. The zero-order chi connectivity index (χ0) is 12.4. The highest BCUT2D eigenvalue weighted by Gasteiger charge is 2.36. The van der Waals surface area contributed by atoms with Crippen molar-refractivity contribution in [3.05, 3.63) is 0 Å².